The molecule has 1 aromatic heterocycles. The molecule has 0 saturated carbocycles. The lowest BCUT2D eigenvalue weighted by atomic mass is 10.1. The van der Waals surface area contributed by atoms with Gasteiger partial charge in [-0.15, -0.1) is 0 Å². The fourth-order valence-electron chi connectivity index (χ4n) is 3.69. The van der Waals surface area contributed by atoms with E-state index in [1.54, 1.807) is 12.1 Å². The lowest BCUT2D eigenvalue weighted by Gasteiger charge is -2.22. The second kappa shape index (κ2) is 6.91. The molecular formula is C20H19ClN4O3. The SMILES string of the molecule is O=C(c1cc(Cl)c2c(c1)OCO2)N1CCCN(c2nc3ccccc3[nH]2)CC1. The predicted molar refractivity (Wildman–Crippen MR) is 106 cm³/mol. The highest BCUT2D eigenvalue weighted by atomic mass is 35.5. The van der Waals surface area contributed by atoms with E-state index in [1.807, 2.05) is 29.2 Å². The number of anilines is 1. The van der Waals surface area contributed by atoms with Gasteiger partial charge in [0.05, 0.1) is 16.1 Å². The van der Waals surface area contributed by atoms with Gasteiger partial charge in [-0.3, -0.25) is 4.79 Å². The number of carbonyl (C=O) groups is 1. The van der Waals surface area contributed by atoms with Crippen molar-refractivity contribution in [3.05, 3.63) is 47.0 Å². The highest BCUT2D eigenvalue weighted by Gasteiger charge is 2.25. The number of rotatable bonds is 2. The van der Waals surface area contributed by atoms with Gasteiger partial charge in [0, 0.05) is 31.7 Å². The molecule has 1 amide bonds. The van der Waals surface area contributed by atoms with Crippen LogP contribution in [-0.2, 0) is 0 Å². The topological polar surface area (TPSA) is 70.7 Å². The number of carbonyl (C=O) groups excluding carboxylic acids is 1. The van der Waals surface area contributed by atoms with Crippen LogP contribution >= 0.6 is 11.6 Å². The fourth-order valence-corrected chi connectivity index (χ4v) is 3.96. The molecule has 0 atom stereocenters. The van der Waals surface area contributed by atoms with Crippen LogP contribution in [0.15, 0.2) is 36.4 Å². The number of fused-ring (bicyclic) bond motifs is 2. The fraction of sp³-hybridized carbons (Fsp3) is 0.300. The molecular weight excluding hydrogens is 380 g/mol. The quantitative estimate of drug-likeness (QED) is 0.717. The maximum Gasteiger partial charge on any atom is 0.254 e. The lowest BCUT2D eigenvalue weighted by Crippen LogP contribution is -2.35. The van der Waals surface area contributed by atoms with Gasteiger partial charge in [0.25, 0.3) is 5.91 Å². The summed E-state index contributed by atoms with van der Waals surface area (Å²) in [6.07, 6.45) is 0.862. The van der Waals surface area contributed by atoms with Gasteiger partial charge in [-0.25, -0.2) is 4.98 Å². The van der Waals surface area contributed by atoms with E-state index < -0.39 is 0 Å². The molecule has 0 spiro atoms. The Hall–Kier alpha value is -2.93. The van der Waals surface area contributed by atoms with E-state index in [1.165, 1.54) is 0 Å². The van der Waals surface area contributed by atoms with Crippen LogP contribution in [0.3, 0.4) is 0 Å². The van der Waals surface area contributed by atoms with Crippen LogP contribution in [0.2, 0.25) is 5.02 Å². The molecule has 5 rings (SSSR count). The third-order valence-corrected chi connectivity index (χ3v) is 5.41. The molecule has 7 nitrogen and oxygen atoms in total. The molecule has 2 aromatic carbocycles. The summed E-state index contributed by atoms with van der Waals surface area (Å²) in [6, 6.07) is 11.3. The van der Waals surface area contributed by atoms with Gasteiger partial charge in [0.15, 0.2) is 11.5 Å². The Morgan fingerprint density at radius 2 is 2.00 bits per heavy atom. The van der Waals surface area contributed by atoms with Crippen LogP contribution in [0, 0.1) is 0 Å². The minimum Gasteiger partial charge on any atom is -0.454 e. The van der Waals surface area contributed by atoms with Crippen molar-refractivity contribution >= 4 is 34.5 Å². The molecule has 1 saturated heterocycles. The zero-order chi connectivity index (χ0) is 19.1. The van der Waals surface area contributed by atoms with E-state index in [4.69, 9.17) is 21.1 Å². The number of halogens is 1. The second-order valence-electron chi connectivity index (χ2n) is 6.90. The number of benzene rings is 2. The molecule has 0 bridgehead atoms. The number of hydrogen-bond donors (Lipinski definition) is 1. The molecule has 8 heteroatoms. The number of nitrogens with zero attached hydrogens (tertiary/aromatic N) is 3. The number of imidazole rings is 1. The number of hydrogen-bond acceptors (Lipinski definition) is 5. The van der Waals surface area contributed by atoms with E-state index in [0.29, 0.717) is 41.7 Å². The third kappa shape index (κ3) is 3.01. The number of para-hydroxylation sites is 2. The number of aromatic amines is 1. The number of amides is 1. The maximum absolute atomic E-state index is 13.0. The minimum absolute atomic E-state index is 0.0494. The smallest absolute Gasteiger partial charge is 0.254 e. The maximum atomic E-state index is 13.0. The van der Waals surface area contributed by atoms with Crippen molar-refractivity contribution in [1.29, 1.82) is 0 Å². The average Bonchev–Trinajstić information content (AvgIpc) is 3.28. The van der Waals surface area contributed by atoms with Crippen LogP contribution in [0.4, 0.5) is 5.95 Å². The predicted octanol–water partition coefficient (Wildman–Crippen LogP) is 3.30. The Morgan fingerprint density at radius 1 is 1.11 bits per heavy atom. The van der Waals surface area contributed by atoms with Gasteiger partial charge in [-0.05, 0) is 30.7 Å². The van der Waals surface area contributed by atoms with Crippen LogP contribution in [0.25, 0.3) is 11.0 Å². The monoisotopic (exact) mass is 398 g/mol. The third-order valence-electron chi connectivity index (χ3n) is 5.13. The Labute approximate surface area is 166 Å². The second-order valence-corrected chi connectivity index (χ2v) is 7.31. The first kappa shape index (κ1) is 17.2. The molecule has 1 fully saturated rings. The van der Waals surface area contributed by atoms with Crippen LogP contribution in [0.1, 0.15) is 16.8 Å². The van der Waals surface area contributed by atoms with Gasteiger partial charge in [0.2, 0.25) is 12.7 Å². The molecule has 1 N–H and O–H groups in total. The van der Waals surface area contributed by atoms with Crippen molar-refractivity contribution < 1.29 is 14.3 Å². The van der Waals surface area contributed by atoms with Crippen LogP contribution in [0.5, 0.6) is 11.5 Å². The first-order valence-corrected chi connectivity index (χ1v) is 9.65. The number of H-pyrrole nitrogens is 1. The summed E-state index contributed by atoms with van der Waals surface area (Å²) in [6.45, 7) is 2.97. The van der Waals surface area contributed by atoms with E-state index in [9.17, 15) is 4.79 Å². The Balaban J connectivity index is 1.33. The first-order chi connectivity index (χ1) is 13.7. The van der Waals surface area contributed by atoms with Crippen molar-refractivity contribution in [3.63, 3.8) is 0 Å². The van der Waals surface area contributed by atoms with E-state index in [-0.39, 0.29) is 12.7 Å². The molecule has 28 heavy (non-hydrogen) atoms. The van der Waals surface area contributed by atoms with E-state index in [2.05, 4.69) is 14.9 Å². The first-order valence-electron chi connectivity index (χ1n) is 9.27. The summed E-state index contributed by atoms with van der Waals surface area (Å²) in [5, 5.41) is 0.400. The molecule has 0 aliphatic carbocycles. The highest BCUT2D eigenvalue weighted by molar-refractivity contribution is 6.32. The summed E-state index contributed by atoms with van der Waals surface area (Å²) in [5.41, 5.74) is 2.49. The van der Waals surface area contributed by atoms with E-state index in [0.717, 1.165) is 29.9 Å². The van der Waals surface area contributed by atoms with Gasteiger partial charge < -0.3 is 24.3 Å². The summed E-state index contributed by atoms with van der Waals surface area (Å²) in [4.78, 5) is 25.1. The summed E-state index contributed by atoms with van der Waals surface area (Å²) in [7, 11) is 0. The molecule has 3 heterocycles. The number of ether oxygens (including phenoxy) is 2. The molecule has 2 aliphatic heterocycles. The van der Waals surface area contributed by atoms with Crippen molar-refractivity contribution in [2.24, 2.45) is 0 Å². The highest BCUT2D eigenvalue weighted by Crippen LogP contribution is 2.40. The molecule has 144 valence electrons. The van der Waals surface area contributed by atoms with Crippen molar-refractivity contribution in [2.45, 2.75) is 6.42 Å². The Bertz CT molecular complexity index is 1020. The van der Waals surface area contributed by atoms with Gasteiger partial charge in [0.1, 0.15) is 0 Å². The minimum atomic E-state index is -0.0494. The summed E-state index contributed by atoms with van der Waals surface area (Å²) in [5.74, 6) is 1.83. The zero-order valence-corrected chi connectivity index (χ0v) is 15.9. The number of aromatic nitrogens is 2. The van der Waals surface area contributed by atoms with Crippen molar-refractivity contribution in [2.75, 3.05) is 37.9 Å². The van der Waals surface area contributed by atoms with E-state index >= 15 is 0 Å². The number of nitrogens with one attached hydrogen (secondary N) is 1. The molecule has 0 unspecified atom stereocenters. The van der Waals surface area contributed by atoms with Gasteiger partial charge in [-0.2, -0.15) is 0 Å². The lowest BCUT2D eigenvalue weighted by molar-refractivity contribution is 0.0766. The molecule has 3 aromatic rings. The van der Waals surface area contributed by atoms with Crippen LogP contribution < -0.4 is 14.4 Å². The largest absolute Gasteiger partial charge is 0.454 e. The normalized spacial score (nSPS) is 16.5. The summed E-state index contributed by atoms with van der Waals surface area (Å²) >= 11 is 6.24. The van der Waals surface area contributed by atoms with Gasteiger partial charge in [-0.1, -0.05) is 23.7 Å². The Kier molecular flexibility index (Phi) is 4.24. The van der Waals surface area contributed by atoms with Crippen molar-refractivity contribution in [3.8, 4) is 11.5 Å². The molecule has 2 aliphatic rings. The zero-order valence-electron chi connectivity index (χ0n) is 15.2. The Morgan fingerprint density at radius 3 is 2.89 bits per heavy atom. The average molecular weight is 399 g/mol. The molecule has 0 radical (unpaired) electrons. The van der Waals surface area contributed by atoms with Crippen LogP contribution in [-0.4, -0.2) is 53.7 Å². The van der Waals surface area contributed by atoms with Gasteiger partial charge >= 0.3 is 0 Å². The summed E-state index contributed by atoms with van der Waals surface area (Å²) < 4.78 is 10.7. The standard InChI is InChI=1S/C20H19ClN4O3/c21-14-10-13(11-17-18(14)28-12-27-17)19(26)24-6-3-7-25(9-8-24)20-22-15-4-1-2-5-16(15)23-20/h1-2,4-5,10-11H,3,6-9,12H2,(H,22,23). The van der Waals surface area contributed by atoms with Crippen molar-refractivity contribution in [1.82, 2.24) is 14.9 Å².